The van der Waals surface area contributed by atoms with Crippen LogP contribution in [-0.4, -0.2) is 30.4 Å². The Morgan fingerprint density at radius 1 is 1.21 bits per heavy atom. The first kappa shape index (κ1) is 18.4. The fourth-order valence-corrected chi connectivity index (χ4v) is 2.93. The highest BCUT2D eigenvalue weighted by molar-refractivity contribution is 5.95. The zero-order valence-corrected chi connectivity index (χ0v) is 14.1. The van der Waals surface area contributed by atoms with Crippen molar-refractivity contribution < 1.29 is 13.6 Å². The number of carbonyl (C=O) groups excluding carboxylic acids is 1. The molecular formula is C18H19ClF2N2O. The van der Waals surface area contributed by atoms with Crippen molar-refractivity contribution in [2.24, 2.45) is 0 Å². The molecule has 2 aromatic carbocycles. The molecule has 0 spiro atoms. The van der Waals surface area contributed by atoms with Crippen LogP contribution in [0.25, 0.3) is 0 Å². The van der Waals surface area contributed by atoms with Gasteiger partial charge in [0.05, 0.1) is 11.6 Å². The van der Waals surface area contributed by atoms with Gasteiger partial charge in [-0.1, -0.05) is 24.3 Å². The summed E-state index contributed by atoms with van der Waals surface area (Å²) < 4.78 is 27.8. The molecule has 1 atom stereocenters. The highest BCUT2D eigenvalue weighted by Crippen LogP contribution is 2.26. The molecule has 128 valence electrons. The number of hydrogen-bond donors (Lipinski definition) is 1. The lowest BCUT2D eigenvalue weighted by Crippen LogP contribution is -2.48. The summed E-state index contributed by atoms with van der Waals surface area (Å²) in [6, 6.07) is 10.7. The van der Waals surface area contributed by atoms with Crippen molar-refractivity contribution in [2.75, 3.05) is 19.6 Å². The second kappa shape index (κ2) is 7.73. The molecule has 0 radical (unpaired) electrons. The summed E-state index contributed by atoms with van der Waals surface area (Å²) in [7, 11) is 0. The van der Waals surface area contributed by atoms with Gasteiger partial charge in [-0.3, -0.25) is 4.79 Å². The van der Waals surface area contributed by atoms with Crippen LogP contribution in [0.3, 0.4) is 0 Å². The first-order chi connectivity index (χ1) is 11.1. The molecule has 1 heterocycles. The number of rotatable bonds is 2. The Labute approximate surface area is 146 Å². The molecule has 2 aromatic rings. The minimum Gasteiger partial charge on any atom is -0.329 e. The first-order valence-corrected chi connectivity index (χ1v) is 7.60. The SMILES string of the molecule is Cc1cccc(C(=O)N2CCNCC2c2cccc(F)c2)c1F.Cl. The second-order valence-corrected chi connectivity index (χ2v) is 5.71. The normalized spacial score (nSPS) is 17.3. The average Bonchev–Trinajstić information content (AvgIpc) is 2.57. The molecule has 1 aliphatic rings. The quantitative estimate of drug-likeness (QED) is 0.897. The minimum absolute atomic E-state index is 0. The maximum Gasteiger partial charge on any atom is 0.257 e. The lowest BCUT2D eigenvalue weighted by molar-refractivity contribution is 0.0629. The van der Waals surface area contributed by atoms with E-state index in [1.807, 2.05) is 0 Å². The average molecular weight is 353 g/mol. The molecule has 24 heavy (non-hydrogen) atoms. The number of nitrogens with zero attached hydrogens (tertiary/aromatic N) is 1. The van der Waals surface area contributed by atoms with Gasteiger partial charge >= 0.3 is 0 Å². The zero-order chi connectivity index (χ0) is 16.4. The Morgan fingerprint density at radius 3 is 2.71 bits per heavy atom. The van der Waals surface area contributed by atoms with E-state index in [2.05, 4.69) is 5.32 Å². The second-order valence-electron chi connectivity index (χ2n) is 5.71. The summed E-state index contributed by atoms with van der Waals surface area (Å²) in [4.78, 5) is 14.4. The first-order valence-electron chi connectivity index (χ1n) is 7.60. The Balaban J connectivity index is 0.00000208. The highest BCUT2D eigenvalue weighted by atomic mass is 35.5. The molecule has 3 nitrogen and oxygen atoms in total. The molecule has 1 saturated heterocycles. The van der Waals surface area contributed by atoms with E-state index in [0.29, 0.717) is 30.8 Å². The lowest BCUT2D eigenvalue weighted by atomic mass is 10.0. The van der Waals surface area contributed by atoms with Crippen LogP contribution >= 0.6 is 12.4 Å². The number of carbonyl (C=O) groups is 1. The number of hydrogen-bond acceptors (Lipinski definition) is 2. The maximum atomic E-state index is 14.3. The van der Waals surface area contributed by atoms with Gasteiger partial charge in [-0.15, -0.1) is 12.4 Å². The van der Waals surface area contributed by atoms with Crippen molar-refractivity contribution in [1.82, 2.24) is 10.2 Å². The molecule has 6 heteroatoms. The van der Waals surface area contributed by atoms with Crippen LogP contribution < -0.4 is 5.32 Å². The van der Waals surface area contributed by atoms with Gasteiger partial charge in [0.15, 0.2) is 0 Å². The monoisotopic (exact) mass is 352 g/mol. The van der Waals surface area contributed by atoms with Crippen LogP contribution in [0.15, 0.2) is 42.5 Å². The van der Waals surface area contributed by atoms with Crippen molar-refractivity contribution in [3.8, 4) is 0 Å². The van der Waals surface area contributed by atoms with E-state index in [1.165, 1.54) is 18.2 Å². The molecule has 0 bridgehead atoms. The fraction of sp³-hybridized carbons (Fsp3) is 0.278. The van der Waals surface area contributed by atoms with E-state index in [-0.39, 0.29) is 35.7 Å². The lowest BCUT2D eigenvalue weighted by Gasteiger charge is -2.36. The summed E-state index contributed by atoms with van der Waals surface area (Å²) in [5.74, 6) is -1.20. The van der Waals surface area contributed by atoms with Gasteiger partial charge < -0.3 is 10.2 Å². The topological polar surface area (TPSA) is 32.3 Å². The molecular weight excluding hydrogens is 334 g/mol. The van der Waals surface area contributed by atoms with Crippen molar-refractivity contribution >= 4 is 18.3 Å². The third-order valence-corrected chi connectivity index (χ3v) is 4.16. The summed E-state index contributed by atoms with van der Waals surface area (Å²) in [6.45, 7) is 3.23. The van der Waals surface area contributed by atoms with Gasteiger partial charge in [0.1, 0.15) is 11.6 Å². The third kappa shape index (κ3) is 3.57. The Morgan fingerprint density at radius 2 is 1.96 bits per heavy atom. The van der Waals surface area contributed by atoms with Gasteiger partial charge in [-0.05, 0) is 36.2 Å². The fourth-order valence-electron chi connectivity index (χ4n) is 2.93. The van der Waals surface area contributed by atoms with Gasteiger partial charge in [0.25, 0.3) is 5.91 Å². The zero-order valence-electron chi connectivity index (χ0n) is 13.3. The van der Waals surface area contributed by atoms with Crippen LogP contribution in [0.1, 0.15) is 27.5 Å². The Bertz CT molecular complexity index is 739. The van der Waals surface area contributed by atoms with Crippen molar-refractivity contribution in [3.05, 3.63) is 70.8 Å². The molecule has 1 aliphatic heterocycles. The summed E-state index contributed by atoms with van der Waals surface area (Å²) in [6.07, 6.45) is 0. The summed E-state index contributed by atoms with van der Waals surface area (Å²) in [5, 5.41) is 3.21. The highest BCUT2D eigenvalue weighted by Gasteiger charge is 2.30. The number of amides is 1. The van der Waals surface area contributed by atoms with Crippen molar-refractivity contribution in [3.63, 3.8) is 0 Å². The van der Waals surface area contributed by atoms with E-state index in [4.69, 9.17) is 0 Å². The van der Waals surface area contributed by atoms with Crippen LogP contribution in [-0.2, 0) is 0 Å². The summed E-state index contributed by atoms with van der Waals surface area (Å²) in [5.41, 5.74) is 1.21. The molecule has 1 amide bonds. The smallest absolute Gasteiger partial charge is 0.257 e. The predicted molar refractivity (Wildman–Crippen MR) is 91.4 cm³/mol. The van der Waals surface area contributed by atoms with Crippen LogP contribution in [0.2, 0.25) is 0 Å². The molecule has 0 aliphatic carbocycles. The van der Waals surface area contributed by atoms with E-state index >= 15 is 0 Å². The van der Waals surface area contributed by atoms with Gasteiger partial charge in [-0.25, -0.2) is 8.78 Å². The van der Waals surface area contributed by atoms with Crippen molar-refractivity contribution in [1.29, 1.82) is 0 Å². The molecule has 0 aromatic heterocycles. The van der Waals surface area contributed by atoms with E-state index in [1.54, 1.807) is 36.1 Å². The van der Waals surface area contributed by atoms with Crippen LogP contribution in [0.4, 0.5) is 8.78 Å². The molecule has 1 N–H and O–H groups in total. The standard InChI is InChI=1S/C18H18F2N2O.ClH/c1-12-4-2-7-15(17(12)20)18(23)22-9-8-21-11-16(22)13-5-3-6-14(19)10-13;/h2-7,10,16,21H,8-9,11H2,1H3;1H. The number of halogens is 3. The molecule has 3 rings (SSSR count). The predicted octanol–water partition coefficient (Wildman–Crippen LogP) is 3.48. The minimum atomic E-state index is -0.492. The number of aryl methyl sites for hydroxylation is 1. The van der Waals surface area contributed by atoms with Crippen LogP contribution in [0, 0.1) is 18.6 Å². The summed E-state index contributed by atoms with van der Waals surface area (Å²) >= 11 is 0. The van der Waals surface area contributed by atoms with Gasteiger partial charge in [-0.2, -0.15) is 0 Å². The number of nitrogens with one attached hydrogen (secondary N) is 1. The van der Waals surface area contributed by atoms with E-state index < -0.39 is 5.82 Å². The Hall–Kier alpha value is -1.98. The van der Waals surface area contributed by atoms with Gasteiger partial charge in [0, 0.05) is 19.6 Å². The third-order valence-electron chi connectivity index (χ3n) is 4.16. The van der Waals surface area contributed by atoms with Crippen molar-refractivity contribution in [2.45, 2.75) is 13.0 Å². The molecule has 0 saturated carbocycles. The molecule has 1 fully saturated rings. The van der Waals surface area contributed by atoms with Crippen LogP contribution in [0.5, 0.6) is 0 Å². The van der Waals surface area contributed by atoms with E-state index in [9.17, 15) is 13.6 Å². The number of benzene rings is 2. The molecule has 1 unspecified atom stereocenters. The largest absolute Gasteiger partial charge is 0.329 e. The van der Waals surface area contributed by atoms with Gasteiger partial charge in [0.2, 0.25) is 0 Å². The maximum absolute atomic E-state index is 14.3. The van der Waals surface area contributed by atoms with E-state index in [0.717, 1.165) is 0 Å². The Kier molecular flexibility index (Phi) is 5.91. The number of piperazine rings is 1.